The van der Waals surface area contributed by atoms with Gasteiger partial charge in [-0.3, -0.25) is 4.79 Å². The van der Waals surface area contributed by atoms with Crippen molar-refractivity contribution in [3.05, 3.63) is 66.1 Å². The average Bonchev–Trinajstić information content (AvgIpc) is 2.98. The van der Waals surface area contributed by atoms with Crippen molar-refractivity contribution in [2.45, 2.75) is 6.54 Å². The topological polar surface area (TPSA) is 53.7 Å². The van der Waals surface area contributed by atoms with Gasteiger partial charge in [0.15, 0.2) is 0 Å². The van der Waals surface area contributed by atoms with Crippen LogP contribution >= 0.6 is 0 Å². The number of amides is 1. The molecular formula is C17H15NO3. The normalized spacial score (nSPS) is 10.7. The van der Waals surface area contributed by atoms with Gasteiger partial charge < -0.3 is 14.4 Å². The van der Waals surface area contributed by atoms with Crippen molar-refractivity contribution in [3.8, 4) is 5.75 Å². The number of carbonyl (C=O) groups is 1. The molecule has 0 saturated heterocycles. The molecule has 0 radical (unpaired) electrons. The SMILES string of the molecule is CN(Cc1ccoc1)C(=O)c1cc2ccccc2cc1O. The van der Waals surface area contributed by atoms with Gasteiger partial charge in [0, 0.05) is 19.2 Å². The molecule has 1 N–H and O–H groups in total. The highest BCUT2D eigenvalue weighted by atomic mass is 16.3. The van der Waals surface area contributed by atoms with Crippen LogP contribution in [-0.2, 0) is 6.54 Å². The van der Waals surface area contributed by atoms with Gasteiger partial charge in [-0.05, 0) is 29.0 Å². The van der Waals surface area contributed by atoms with E-state index in [4.69, 9.17) is 4.42 Å². The molecule has 4 nitrogen and oxygen atoms in total. The lowest BCUT2D eigenvalue weighted by molar-refractivity contribution is 0.0782. The zero-order valence-corrected chi connectivity index (χ0v) is 11.6. The number of furan rings is 1. The monoisotopic (exact) mass is 281 g/mol. The second kappa shape index (κ2) is 5.32. The molecule has 0 spiro atoms. The van der Waals surface area contributed by atoms with E-state index >= 15 is 0 Å². The third kappa shape index (κ3) is 2.60. The summed E-state index contributed by atoms with van der Waals surface area (Å²) in [4.78, 5) is 14.0. The zero-order chi connectivity index (χ0) is 14.8. The van der Waals surface area contributed by atoms with E-state index in [0.29, 0.717) is 12.1 Å². The number of fused-ring (bicyclic) bond motifs is 1. The summed E-state index contributed by atoms with van der Waals surface area (Å²) in [6, 6.07) is 12.8. The van der Waals surface area contributed by atoms with Gasteiger partial charge in [0.25, 0.3) is 5.91 Å². The van der Waals surface area contributed by atoms with E-state index in [-0.39, 0.29) is 11.7 Å². The highest BCUT2D eigenvalue weighted by Crippen LogP contribution is 2.26. The Kier molecular flexibility index (Phi) is 3.36. The first-order valence-electron chi connectivity index (χ1n) is 6.63. The Morgan fingerprint density at radius 3 is 2.57 bits per heavy atom. The summed E-state index contributed by atoms with van der Waals surface area (Å²) in [6.45, 7) is 0.432. The minimum atomic E-state index is -0.223. The smallest absolute Gasteiger partial charge is 0.257 e. The molecule has 0 fully saturated rings. The molecule has 0 aliphatic carbocycles. The molecule has 1 heterocycles. The van der Waals surface area contributed by atoms with Crippen LogP contribution in [0.15, 0.2) is 59.4 Å². The molecular weight excluding hydrogens is 266 g/mol. The Morgan fingerprint density at radius 2 is 1.90 bits per heavy atom. The number of aromatic hydroxyl groups is 1. The van der Waals surface area contributed by atoms with Gasteiger partial charge >= 0.3 is 0 Å². The van der Waals surface area contributed by atoms with Gasteiger partial charge in [0.1, 0.15) is 5.75 Å². The zero-order valence-electron chi connectivity index (χ0n) is 11.6. The van der Waals surface area contributed by atoms with Gasteiger partial charge in [0.2, 0.25) is 0 Å². The highest BCUT2D eigenvalue weighted by Gasteiger charge is 2.17. The van der Waals surface area contributed by atoms with Crippen LogP contribution in [0.3, 0.4) is 0 Å². The molecule has 0 atom stereocenters. The second-order valence-corrected chi connectivity index (χ2v) is 5.01. The summed E-state index contributed by atoms with van der Waals surface area (Å²) in [7, 11) is 1.70. The molecule has 0 saturated carbocycles. The minimum absolute atomic E-state index is 0.00209. The number of hydrogen-bond donors (Lipinski definition) is 1. The Morgan fingerprint density at radius 1 is 1.19 bits per heavy atom. The number of phenolic OH excluding ortho intramolecular Hbond substituents is 1. The fraction of sp³-hybridized carbons (Fsp3) is 0.118. The van der Waals surface area contributed by atoms with Crippen LogP contribution in [0.25, 0.3) is 10.8 Å². The lowest BCUT2D eigenvalue weighted by atomic mass is 10.0. The van der Waals surface area contributed by atoms with Crippen molar-refractivity contribution >= 4 is 16.7 Å². The summed E-state index contributed by atoms with van der Waals surface area (Å²) >= 11 is 0. The van der Waals surface area contributed by atoms with E-state index in [1.807, 2.05) is 30.3 Å². The first-order chi connectivity index (χ1) is 10.1. The van der Waals surface area contributed by atoms with E-state index in [0.717, 1.165) is 16.3 Å². The molecule has 3 aromatic rings. The number of benzene rings is 2. The van der Waals surface area contributed by atoms with Crippen molar-refractivity contribution in [2.24, 2.45) is 0 Å². The van der Waals surface area contributed by atoms with Crippen LogP contribution in [0.4, 0.5) is 0 Å². The van der Waals surface area contributed by atoms with E-state index in [9.17, 15) is 9.90 Å². The predicted octanol–water partition coefficient (Wildman–Crippen LogP) is 3.41. The van der Waals surface area contributed by atoms with E-state index in [2.05, 4.69) is 0 Å². The third-order valence-corrected chi connectivity index (χ3v) is 3.44. The maximum atomic E-state index is 12.5. The molecule has 2 aromatic carbocycles. The van der Waals surface area contributed by atoms with Crippen LogP contribution < -0.4 is 0 Å². The molecule has 1 aromatic heterocycles. The van der Waals surface area contributed by atoms with Gasteiger partial charge in [-0.1, -0.05) is 24.3 Å². The minimum Gasteiger partial charge on any atom is -0.507 e. The lowest BCUT2D eigenvalue weighted by Crippen LogP contribution is -2.26. The average molecular weight is 281 g/mol. The van der Waals surface area contributed by atoms with Crippen molar-refractivity contribution in [1.82, 2.24) is 4.90 Å². The van der Waals surface area contributed by atoms with Crippen molar-refractivity contribution in [3.63, 3.8) is 0 Å². The summed E-state index contributed by atoms with van der Waals surface area (Å²) < 4.78 is 4.99. The third-order valence-electron chi connectivity index (χ3n) is 3.44. The van der Waals surface area contributed by atoms with Crippen molar-refractivity contribution in [2.75, 3.05) is 7.05 Å². The quantitative estimate of drug-likeness (QED) is 0.800. The Hall–Kier alpha value is -2.75. The van der Waals surface area contributed by atoms with Crippen molar-refractivity contribution < 1.29 is 14.3 Å². The molecule has 3 rings (SSSR count). The van der Waals surface area contributed by atoms with Crippen LogP contribution in [0.1, 0.15) is 15.9 Å². The number of carbonyl (C=O) groups excluding carboxylic acids is 1. The predicted molar refractivity (Wildman–Crippen MR) is 80.1 cm³/mol. The largest absolute Gasteiger partial charge is 0.507 e. The summed E-state index contributed by atoms with van der Waals surface area (Å²) in [5, 5.41) is 11.9. The number of phenols is 1. The Bertz CT molecular complexity index is 778. The summed E-state index contributed by atoms with van der Waals surface area (Å²) in [5.41, 5.74) is 1.21. The first-order valence-corrected chi connectivity index (χ1v) is 6.63. The van der Waals surface area contributed by atoms with Gasteiger partial charge in [0.05, 0.1) is 18.1 Å². The molecule has 21 heavy (non-hydrogen) atoms. The van der Waals surface area contributed by atoms with E-state index in [1.165, 1.54) is 0 Å². The Balaban J connectivity index is 1.91. The van der Waals surface area contributed by atoms with Crippen LogP contribution in [0.2, 0.25) is 0 Å². The van der Waals surface area contributed by atoms with Crippen LogP contribution in [0.5, 0.6) is 5.75 Å². The lowest BCUT2D eigenvalue weighted by Gasteiger charge is -2.17. The van der Waals surface area contributed by atoms with Gasteiger partial charge in [-0.15, -0.1) is 0 Å². The summed E-state index contributed by atoms with van der Waals surface area (Å²) in [6.07, 6.45) is 3.17. The molecule has 0 unspecified atom stereocenters. The molecule has 4 heteroatoms. The fourth-order valence-corrected chi connectivity index (χ4v) is 2.33. The van der Waals surface area contributed by atoms with Crippen LogP contribution in [0, 0.1) is 0 Å². The first kappa shape index (κ1) is 13.2. The highest BCUT2D eigenvalue weighted by molar-refractivity contribution is 6.01. The maximum Gasteiger partial charge on any atom is 0.257 e. The number of rotatable bonds is 3. The van der Waals surface area contributed by atoms with E-state index < -0.39 is 0 Å². The molecule has 1 amide bonds. The molecule has 0 bridgehead atoms. The summed E-state index contributed by atoms with van der Waals surface area (Å²) in [5.74, 6) is -0.225. The maximum absolute atomic E-state index is 12.5. The van der Waals surface area contributed by atoms with Gasteiger partial charge in [-0.2, -0.15) is 0 Å². The van der Waals surface area contributed by atoms with Crippen LogP contribution in [-0.4, -0.2) is 23.0 Å². The number of nitrogens with zero attached hydrogens (tertiary/aromatic N) is 1. The number of hydrogen-bond acceptors (Lipinski definition) is 3. The second-order valence-electron chi connectivity index (χ2n) is 5.01. The van der Waals surface area contributed by atoms with Gasteiger partial charge in [-0.25, -0.2) is 0 Å². The molecule has 106 valence electrons. The fourth-order valence-electron chi connectivity index (χ4n) is 2.33. The molecule has 0 aliphatic rings. The van der Waals surface area contributed by atoms with Crippen molar-refractivity contribution in [1.29, 1.82) is 0 Å². The molecule has 0 aliphatic heterocycles. The standard InChI is InChI=1S/C17H15NO3/c1-18(10-12-6-7-21-11-12)17(20)15-8-13-4-2-3-5-14(13)9-16(15)19/h2-9,11,19H,10H2,1H3. The van der Waals surface area contributed by atoms with E-state index in [1.54, 1.807) is 36.6 Å². The Labute approximate surface area is 122 Å².